The van der Waals surface area contributed by atoms with E-state index < -0.39 is 0 Å². The van der Waals surface area contributed by atoms with Gasteiger partial charge in [-0.15, -0.1) is 0 Å². The Bertz CT molecular complexity index is 665. The molecule has 0 amide bonds. The average molecular weight is 210 g/mol. The van der Waals surface area contributed by atoms with Gasteiger partial charge in [0.1, 0.15) is 0 Å². The number of pyridine rings is 1. The number of fused-ring (bicyclic) bond motifs is 3. The summed E-state index contributed by atoms with van der Waals surface area (Å²) in [6, 6.07) is 8.58. The highest BCUT2D eigenvalue weighted by Gasteiger charge is 2.10. The van der Waals surface area contributed by atoms with Gasteiger partial charge in [-0.25, -0.2) is 0 Å². The van der Waals surface area contributed by atoms with Crippen LogP contribution in [0.5, 0.6) is 0 Å². The molecule has 0 bridgehead atoms. The quantitative estimate of drug-likeness (QED) is 0.601. The lowest BCUT2D eigenvalue weighted by molar-refractivity contribution is 0.823. The van der Waals surface area contributed by atoms with Crippen molar-refractivity contribution < 1.29 is 0 Å². The van der Waals surface area contributed by atoms with Gasteiger partial charge < -0.3 is 4.57 Å². The summed E-state index contributed by atoms with van der Waals surface area (Å²) in [6.07, 6.45) is 3.82. The minimum Gasteiger partial charge on any atom is -0.339 e. The Kier molecular flexibility index (Phi) is 1.96. The van der Waals surface area contributed by atoms with E-state index in [0.29, 0.717) is 0 Å². The van der Waals surface area contributed by atoms with Crippen molar-refractivity contribution in [2.45, 2.75) is 20.4 Å². The maximum absolute atomic E-state index is 4.23. The third kappa shape index (κ3) is 1.10. The molecule has 0 aliphatic carbocycles. The van der Waals surface area contributed by atoms with E-state index in [2.05, 4.69) is 47.7 Å². The Morgan fingerprint density at radius 2 is 2.06 bits per heavy atom. The standard InChI is InChI=1S/C14H14N2/c1-3-16-13-9-15-8-7-11(13)12-6-4-5-10(2)14(12)16/h4-9H,3H2,1-2H3. The maximum Gasteiger partial charge on any atom is 0.0677 e. The van der Waals surface area contributed by atoms with Crippen molar-refractivity contribution in [2.24, 2.45) is 0 Å². The fourth-order valence-corrected chi connectivity index (χ4v) is 2.51. The summed E-state index contributed by atoms with van der Waals surface area (Å²) in [5.74, 6) is 0. The van der Waals surface area contributed by atoms with Crippen molar-refractivity contribution in [3.05, 3.63) is 42.2 Å². The molecule has 0 spiro atoms. The maximum atomic E-state index is 4.23. The molecule has 1 aromatic carbocycles. The Balaban J connectivity index is 2.64. The fraction of sp³-hybridized carbons (Fsp3) is 0.214. The number of hydrogen-bond donors (Lipinski definition) is 0. The van der Waals surface area contributed by atoms with Crippen LogP contribution in [0.1, 0.15) is 12.5 Å². The van der Waals surface area contributed by atoms with Crippen molar-refractivity contribution >= 4 is 21.8 Å². The largest absolute Gasteiger partial charge is 0.339 e. The predicted octanol–water partition coefficient (Wildman–Crippen LogP) is 3.52. The van der Waals surface area contributed by atoms with Crippen LogP contribution < -0.4 is 0 Å². The highest BCUT2D eigenvalue weighted by atomic mass is 15.0. The van der Waals surface area contributed by atoms with E-state index in [9.17, 15) is 0 Å². The van der Waals surface area contributed by atoms with Gasteiger partial charge in [-0.2, -0.15) is 0 Å². The van der Waals surface area contributed by atoms with Crippen LogP contribution in [-0.2, 0) is 6.54 Å². The summed E-state index contributed by atoms with van der Waals surface area (Å²) in [5.41, 5.74) is 3.90. The second-order valence-electron chi connectivity index (χ2n) is 4.11. The Morgan fingerprint density at radius 1 is 1.19 bits per heavy atom. The molecule has 2 nitrogen and oxygen atoms in total. The van der Waals surface area contributed by atoms with E-state index >= 15 is 0 Å². The van der Waals surface area contributed by atoms with Gasteiger partial charge in [-0.05, 0) is 25.5 Å². The normalized spacial score (nSPS) is 11.4. The van der Waals surface area contributed by atoms with Gasteiger partial charge in [0.2, 0.25) is 0 Å². The van der Waals surface area contributed by atoms with Crippen molar-refractivity contribution in [3.63, 3.8) is 0 Å². The molecule has 3 rings (SSSR count). The minimum absolute atomic E-state index is 0.983. The first kappa shape index (κ1) is 9.40. The number of para-hydroxylation sites is 1. The Morgan fingerprint density at radius 3 is 2.88 bits per heavy atom. The molecule has 0 N–H and O–H groups in total. The van der Waals surface area contributed by atoms with Crippen LogP contribution in [0.25, 0.3) is 21.8 Å². The van der Waals surface area contributed by atoms with Crippen molar-refractivity contribution in [1.82, 2.24) is 9.55 Å². The van der Waals surface area contributed by atoms with E-state index in [0.717, 1.165) is 6.54 Å². The van der Waals surface area contributed by atoms with Gasteiger partial charge in [0.15, 0.2) is 0 Å². The molecule has 80 valence electrons. The van der Waals surface area contributed by atoms with Crippen LogP contribution >= 0.6 is 0 Å². The molecule has 2 heterocycles. The molecule has 0 unspecified atom stereocenters. The highest BCUT2D eigenvalue weighted by molar-refractivity contribution is 6.08. The van der Waals surface area contributed by atoms with Crippen molar-refractivity contribution in [2.75, 3.05) is 0 Å². The molecule has 0 radical (unpaired) electrons. The molecule has 0 aliphatic heterocycles. The molecule has 0 fully saturated rings. The molecule has 0 saturated heterocycles. The predicted molar refractivity (Wildman–Crippen MR) is 67.7 cm³/mol. The number of hydrogen-bond acceptors (Lipinski definition) is 1. The summed E-state index contributed by atoms with van der Waals surface area (Å²) < 4.78 is 2.34. The highest BCUT2D eigenvalue weighted by Crippen LogP contribution is 2.29. The van der Waals surface area contributed by atoms with Crippen LogP contribution in [0.3, 0.4) is 0 Å². The van der Waals surface area contributed by atoms with Gasteiger partial charge in [0.05, 0.1) is 17.2 Å². The number of rotatable bonds is 1. The lowest BCUT2D eigenvalue weighted by Crippen LogP contribution is -1.94. The second-order valence-corrected chi connectivity index (χ2v) is 4.11. The van der Waals surface area contributed by atoms with E-state index in [1.807, 2.05) is 12.4 Å². The molecular formula is C14H14N2. The third-order valence-electron chi connectivity index (χ3n) is 3.20. The monoisotopic (exact) mass is 210 g/mol. The Labute approximate surface area is 94.5 Å². The lowest BCUT2D eigenvalue weighted by Gasteiger charge is -2.04. The molecule has 2 aromatic heterocycles. The molecule has 2 heteroatoms. The molecule has 3 aromatic rings. The average Bonchev–Trinajstić information content (AvgIpc) is 2.65. The number of nitrogens with zero attached hydrogens (tertiary/aromatic N) is 2. The zero-order valence-corrected chi connectivity index (χ0v) is 9.57. The zero-order valence-electron chi connectivity index (χ0n) is 9.57. The molecule has 0 saturated carbocycles. The first-order valence-corrected chi connectivity index (χ1v) is 5.64. The van der Waals surface area contributed by atoms with Crippen LogP contribution in [-0.4, -0.2) is 9.55 Å². The first-order valence-electron chi connectivity index (χ1n) is 5.64. The first-order chi connectivity index (χ1) is 7.83. The van der Waals surface area contributed by atoms with Crippen molar-refractivity contribution in [1.29, 1.82) is 0 Å². The van der Waals surface area contributed by atoms with Crippen molar-refractivity contribution in [3.8, 4) is 0 Å². The third-order valence-corrected chi connectivity index (χ3v) is 3.20. The van der Waals surface area contributed by atoms with Gasteiger partial charge in [-0.1, -0.05) is 18.2 Å². The Hall–Kier alpha value is -1.83. The van der Waals surface area contributed by atoms with Crippen LogP contribution in [0.15, 0.2) is 36.7 Å². The van der Waals surface area contributed by atoms with Gasteiger partial charge in [-0.3, -0.25) is 4.98 Å². The van der Waals surface area contributed by atoms with Crippen LogP contribution in [0.4, 0.5) is 0 Å². The SMILES string of the molecule is CCn1c2cnccc2c2cccc(C)c21. The smallest absolute Gasteiger partial charge is 0.0677 e. The number of aryl methyl sites for hydroxylation is 2. The van der Waals surface area contributed by atoms with E-state index in [1.165, 1.54) is 27.4 Å². The van der Waals surface area contributed by atoms with E-state index in [1.54, 1.807) is 0 Å². The summed E-state index contributed by atoms with van der Waals surface area (Å²) in [6.45, 7) is 5.33. The number of aromatic nitrogens is 2. The summed E-state index contributed by atoms with van der Waals surface area (Å²) >= 11 is 0. The number of benzene rings is 1. The van der Waals surface area contributed by atoms with E-state index in [-0.39, 0.29) is 0 Å². The fourth-order valence-electron chi connectivity index (χ4n) is 2.51. The lowest BCUT2D eigenvalue weighted by atomic mass is 10.1. The summed E-state index contributed by atoms with van der Waals surface area (Å²) in [7, 11) is 0. The topological polar surface area (TPSA) is 17.8 Å². The summed E-state index contributed by atoms with van der Waals surface area (Å²) in [5, 5.41) is 2.63. The van der Waals surface area contributed by atoms with Gasteiger partial charge in [0.25, 0.3) is 0 Å². The molecule has 0 atom stereocenters. The molecule has 16 heavy (non-hydrogen) atoms. The second kappa shape index (κ2) is 3.34. The zero-order chi connectivity index (χ0) is 11.1. The van der Waals surface area contributed by atoms with Gasteiger partial charge in [0, 0.05) is 23.5 Å². The molecular weight excluding hydrogens is 196 g/mol. The molecule has 0 aliphatic rings. The van der Waals surface area contributed by atoms with Crippen LogP contribution in [0.2, 0.25) is 0 Å². The van der Waals surface area contributed by atoms with Crippen LogP contribution in [0, 0.1) is 6.92 Å². The van der Waals surface area contributed by atoms with Gasteiger partial charge >= 0.3 is 0 Å². The van der Waals surface area contributed by atoms with E-state index in [4.69, 9.17) is 0 Å². The minimum atomic E-state index is 0.983. The summed E-state index contributed by atoms with van der Waals surface area (Å²) in [4.78, 5) is 4.23.